The molecule has 8 nitrogen and oxygen atoms in total. The average Bonchev–Trinajstić information content (AvgIpc) is 2.34. The fraction of sp³-hybridized carbons (Fsp3) is 0.182. The van der Waals surface area contributed by atoms with Gasteiger partial charge in [-0.2, -0.15) is 0 Å². The molecule has 10 heteroatoms. The van der Waals surface area contributed by atoms with Gasteiger partial charge in [0.2, 0.25) is 0 Å². The highest BCUT2D eigenvalue weighted by Gasteiger charge is 2.03. The predicted molar refractivity (Wildman–Crippen MR) is 88.2 cm³/mol. The standard InChI is InChI=1S/C7H7NO3.C4H10N4S2/c8-5-1-4(7(10)11)2-6(9)3-5;5-3(6)9-1-2-10-4(7)8/h1-3,9H,8H2,(H,10,11);1-2H2,(H3,5,6)(H3,7,8). The minimum absolute atomic E-state index is 0.0116. The minimum Gasteiger partial charge on any atom is -0.508 e. The summed E-state index contributed by atoms with van der Waals surface area (Å²) in [5.41, 5.74) is 15.6. The maximum absolute atomic E-state index is 10.3. The summed E-state index contributed by atoms with van der Waals surface area (Å²) in [6, 6.07) is 3.70. The van der Waals surface area contributed by atoms with Gasteiger partial charge in [-0.25, -0.2) is 4.79 Å². The van der Waals surface area contributed by atoms with Gasteiger partial charge in [-0.1, -0.05) is 23.5 Å². The molecule has 116 valence electrons. The molecule has 0 spiro atoms. The number of anilines is 1. The normalized spacial score (nSPS) is 9.33. The van der Waals surface area contributed by atoms with Crippen LogP contribution in [-0.4, -0.2) is 38.0 Å². The van der Waals surface area contributed by atoms with Crippen molar-refractivity contribution >= 4 is 45.5 Å². The zero-order valence-corrected chi connectivity index (χ0v) is 12.6. The van der Waals surface area contributed by atoms with Crippen molar-refractivity contribution in [1.29, 1.82) is 10.8 Å². The van der Waals surface area contributed by atoms with Crippen molar-refractivity contribution in [2.45, 2.75) is 0 Å². The molecular weight excluding hydrogens is 314 g/mol. The Hall–Kier alpha value is -2.07. The molecule has 0 saturated carbocycles. The van der Waals surface area contributed by atoms with E-state index in [1.807, 2.05) is 0 Å². The number of hydrogen-bond donors (Lipinski definition) is 7. The predicted octanol–water partition coefficient (Wildman–Crippen LogP) is 0.912. The first-order valence-corrected chi connectivity index (χ1v) is 7.46. The molecule has 0 aliphatic carbocycles. The van der Waals surface area contributed by atoms with E-state index in [4.69, 9.17) is 38.2 Å². The number of phenolic OH excluding ortho intramolecular Hbond substituents is 1. The quantitative estimate of drug-likeness (QED) is 0.184. The summed E-state index contributed by atoms with van der Waals surface area (Å²) >= 11 is 2.52. The van der Waals surface area contributed by atoms with Crippen LogP contribution in [0.3, 0.4) is 0 Å². The zero-order valence-electron chi connectivity index (χ0n) is 11.0. The van der Waals surface area contributed by atoms with Gasteiger partial charge in [0.05, 0.1) is 5.56 Å². The van der Waals surface area contributed by atoms with Gasteiger partial charge >= 0.3 is 5.97 Å². The van der Waals surface area contributed by atoms with Crippen molar-refractivity contribution < 1.29 is 15.0 Å². The molecule has 0 unspecified atom stereocenters. The fourth-order valence-electron chi connectivity index (χ4n) is 1.06. The highest BCUT2D eigenvalue weighted by Crippen LogP contribution is 2.16. The van der Waals surface area contributed by atoms with Crippen molar-refractivity contribution in [3.63, 3.8) is 0 Å². The Bertz CT molecular complexity index is 488. The Labute approximate surface area is 130 Å². The number of hydrogen-bond acceptors (Lipinski definition) is 7. The molecular formula is C11H17N5O3S2. The smallest absolute Gasteiger partial charge is 0.335 e. The van der Waals surface area contributed by atoms with E-state index in [1.165, 1.54) is 35.7 Å². The van der Waals surface area contributed by atoms with E-state index in [-0.39, 0.29) is 27.3 Å². The summed E-state index contributed by atoms with van der Waals surface area (Å²) in [4.78, 5) is 10.3. The van der Waals surface area contributed by atoms with Gasteiger partial charge in [-0.15, -0.1) is 0 Å². The number of rotatable bonds is 4. The Balaban J connectivity index is 0.000000384. The van der Waals surface area contributed by atoms with Crippen LogP contribution in [0.5, 0.6) is 5.75 Å². The van der Waals surface area contributed by atoms with Gasteiger partial charge in [0, 0.05) is 23.3 Å². The minimum atomic E-state index is -1.10. The van der Waals surface area contributed by atoms with Crippen molar-refractivity contribution in [2.24, 2.45) is 11.5 Å². The Morgan fingerprint density at radius 3 is 1.90 bits per heavy atom. The molecule has 0 radical (unpaired) electrons. The van der Waals surface area contributed by atoms with Crippen molar-refractivity contribution in [3.05, 3.63) is 23.8 Å². The number of nitrogens with one attached hydrogen (secondary N) is 2. The van der Waals surface area contributed by atoms with E-state index in [2.05, 4.69) is 0 Å². The second-order valence-corrected chi connectivity index (χ2v) is 5.82. The van der Waals surface area contributed by atoms with Crippen LogP contribution in [0.2, 0.25) is 0 Å². The molecule has 0 bridgehead atoms. The average molecular weight is 331 g/mol. The Morgan fingerprint density at radius 1 is 1.10 bits per heavy atom. The molecule has 0 saturated heterocycles. The molecule has 0 aliphatic heterocycles. The second kappa shape index (κ2) is 9.77. The van der Waals surface area contributed by atoms with Crippen molar-refractivity contribution in [1.82, 2.24) is 0 Å². The molecule has 0 atom stereocenters. The molecule has 0 heterocycles. The van der Waals surface area contributed by atoms with E-state index in [1.54, 1.807) is 0 Å². The Morgan fingerprint density at radius 2 is 1.57 bits per heavy atom. The molecule has 1 rings (SSSR count). The number of thioether (sulfide) groups is 2. The first-order valence-electron chi connectivity index (χ1n) is 5.49. The lowest BCUT2D eigenvalue weighted by Crippen LogP contribution is -2.08. The zero-order chi connectivity index (χ0) is 16.4. The number of benzene rings is 1. The summed E-state index contributed by atoms with van der Waals surface area (Å²) in [6.07, 6.45) is 0. The topological polar surface area (TPSA) is 183 Å². The van der Waals surface area contributed by atoms with Crippen LogP contribution in [0.1, 0.15) is 10.4 Å². The van der Waals surface area contributed by atoms with E-state index in [9.17, 15) is 4.79 Å². The highest BCUT2D eigenvalue weighted by molar-refractivity contribution is 8.16. The molecule has 10 N–H and O–H groups in total. The molecule has 1 aromatic rings. The number of carboxylic acids is 1. The molecule has 0 amide bonds. The van der Waals surface area contributed by atoms with Gasteiger partial charge in [-0.3, -0.25) is 10.8 Å². The van der Waals surface area contributed by atoms with Crippen LogP contribution in [-0.2, 0) is 0 Å². The van der Waals surface area contributed by atoms with Crippen LogP contribution in [0.25, 0.3) is 0 Å². The lowest BCUT2D eigenvalue weighted by molar-refractivity contribution is 0.0696. The third-order valence-electron chi connectivity index (χ3n) is 1.79. The summed E-state index contributed by atoms with van der Waals surface area (Å²) in [5, 5.41) is 31.2. The third kappa shape index (κ3) is 10.4. The van der Waals surface area contributed by atoms with Gasteiger partial charge in [0.1, 0.15) is 5.75 Å². The van der Waals surface area contributed by atoms with Crippen molar-refractivity contribution in [2.75, 3.05) is 17.2 Å². The van der Waals surface area contributed by atoms with E-state index in [0.717, 1.165) is 17.6 Å². The van der Waals surface area contributed by atoms with Crippen LogP contribution in [0.15, 0.2) is 18.2 Å². The first-order chi connectivity index (χ1) is 9.72. The van der Waals surface area contributed by atoms with Crippen molar-refractivity contribution in [3.8, 4) is 5.75 Å². The number of carboxylic acid groups (broad SMARTS) is 1. The second-order valence-electron chi connectivity index (χ2n) is 3.54. The maximum atomic E-state index is 10.3. The molecule has 21 heavy (non-hydrogen) atoms. The number of aromatic carboxylic acids is 1. The molecule has 1 aromatic carbocycles. The SMILES string of the molecule is N=C(N)SCCSC(=N)N.Nc1cc(O)cc(C(=O)O)c1. The van der Waals surface area contributed by atoms with Crippen LogP contribution in [0, 0.1) is 10.8 Å². The number of aromatic hydroxyl groups is 1. The van der Waals surface area contributed by atoms with Gasteiger partial charge in [0.25, 0.3) is 0 Å². The summed E-state index contributed by atoms with van der Waals surface area (Å²) in [7, 11) is 0. The lowest BCUT2D eigenvalue weighted by atomic mass is 10.2. The number of amidine groups is 2. The monoisotopic (exact) mass is 331 g/mol. The number of carbonyl (C=O) groups is 1. The van der Waals surface area contributed by atoms with Gasteiger partial charge < -0.3 is 27.4 Å². The summed E-state index contributed by atoms with van der Waals surface area (Å²) in [6.45, 7) is 0. The van der Waals surface area contributed by atoms with E-state index >= 15 is 0 Å². The maximum Gasteiger partial charge on any atom is 0.335 e. The summed E-state index contributed by atoms with van der Waals surface area (Å²) in [5.74, 6) is 0.231. The van der Waals surface area contributed by atoms with E-state index in [0.29, 0.717) is 0 Å². The highest BCUT2D eigenvalue weighted by atomic mass is 32.2. The number of nitrogens with two attached hydrogens (primary N) is 3. The molecule has 0 fully saturated rings. The molecule has 0 aliphatic rings. The number of nitrogen functional groups attached to an aromatic ring is 1. The number of phenols is 1. The lowest BCUT2D eigenvalue weighted by Gasteiger charge is -1.97. The van der Waals surface area contributed by atoms with Gasteiger partial charge in [0.15, 0.2) is 10.3 Å². The van der Waals surface area contributed by atoms with Crippen LogP contribution >= 0.6 is 23.5 Å². The molecule has 0 aromatic heterocycles. The largest absolute Gasteiger partial charge is 0.508 e. The Kier molecular flexibility index (Phi) is 8.81. The van der Waals surface area contributed by atoms with Gasteiger partial charge in [-0.05, 0) is 12.1 Å². The van der Waals surface area contributed by atoms with Crippen LogP contribution < -0.4 is 17.2 Å². The summed E-state index contributed by atoms with van der Waals surface area (Å²) < 4.78 is 0. The van der Waals surface area contributed by atoms with E-state index < -0.39 is 5.97 Å². The van der Waals surface area contributed by atoms with Crippen LogP contribution in [0.4, 0.5) is 5.69 Å². The third-order valence-corrected chi connectivity index (χ3v) is 3.48. The first kappa shape index (κ1) is 18.9. The fourth-order valence-corrected chi connectivity index (χ4v) is 2.17.